The molecule has 2 rings (SSSR count). The minimum atomic E-state index is -0.220. The Morgan fingerprint density at radius 2 is 2.04 bits per heavy atom. The number of likely N-dealkylation sites (tertiary alicyclic amines) is 1. The summed E-state index contributed by atoms with van der Waals surface area (Å²) >= 11 is 0. The lowest BCUT2D eigenvalue weighted by Gasteiger charge is -2.39. The molecule has 0 saturated carbocycles. The summed E-state index contributed by atoms with van der Waals surface area (Å²) in [6, 6.07) is 7.54. The van der Waals surface area contributed by atoms with E-state index in [1.54, 1.807) is 11.9 Å². The second-order valence-electron chi connectivity index (χ2n) is 5.35. The zero-order chi connectivity index (χ0) is 16.7. The van der Waals surface area contributed by atoms with Crippen LogP contribution >= 0.6 is 0 Å². The van der Waals surface area contributed by atoms with Crippen molar-refractivity contribution in [1.82, 2.24) is 20.9 Å². The maximum atomic E-state index is 12.0. The van der Waals surface area contributed by atoms with E-state index in [-0.39, 0.29) is 18.1 Å². The van der Waals surface area contributed by atoms with Gasteiger partial charge in [0.05, 0.1) is 12.6 Å². The van der Waals surface area contributed by atoms with E-state index in [2.05, 4.69) is 16.0 Å². The van der Waals surface area contributed by atoms with Gasteiger partial charge in [0, 0.05) is 26.7 Å². The van der Waals surface area contributed by atoms with Gasteiger partial charge >= 0.3 is 12.1 Å². The molecule has 1 aromatic rings. The molecule has 126 valence electrons. The molecule has 1 aliphatic rings. The summed E-state index contributed by atoms with van der Waals surface area (Å²) in [5.74, 6) is 0.864. The van der Waals surface area contributed by atoms with Gasteiger partial charge in [-0.15, -0.1) is 0 Å². The molecule has 0 aromatic heterocycles. The van der Waals surface area contributed by atoms with Gasteiger partial charge in [-0.25, -0.2) is 9.59 Å². The predicted octanol–water partition coefficient (Wildman–Crippen LogP) is 0.951. The number of para-hydroxylation sites is 1. The predicted molar refractivity (Wildman–Crippen MR) is 87.7 cm³/mol. The van der Waals surface area contributed by atoms with Crippen molar-refractivity contribution in [2.24, 2.45) is 0 Å². The molecule has 0 spiro atoms. The minimum absolute atomic E-state index is 0.0272. The molecule has 7 nitrogen and oxygen atoms in total. The molecule has 1 fully saturated rings. The Morgan fingerprint density at radius 3 is 2.74 bits per heavy atom. The van der Waals surface area contributed by atoms with Crippen molar-refractivity contribution in [3.63, 3.8) is 0 Å². The molecule has 0 aliphatic carbocycles. The van der Waals surface area contributed by atoms with Crippen molar-refractivity contribution in [1.29, 1.82) is 0 Å². The summed E-state index contributed by atoms with van der Waals surface area (Å²) in [5.41, 5.74) is 1.08. The number of hydrogen-bond donors (Lipinski definition) is 3. The first-order chi connectivity index (χ1) is 11.1. The number of rotatable bonds is 6. The fraction of sp³-hybridized carbons (Fsp3) is 0.500. The topological polar surface area (TPSA) is 82.7 Å². The number of amides is 4. The third kappa shape index (κ3) is 4.77. The van der Waals surface area contributed by atoms with Crippen molar-refractivity contribution in [3.05, 3.63) is 29.8 Å². The summed E-state index contributed by atoms with van der Waals surface area (Å²) in [5, 5.41) is 8.15. The van der Waals surface area contributed by atoms with Crippen LogP contribution in [0.4, 0.5) is 9.59 Å². The first kappa shape index (κ1) is 16.9. The highest BCUT2D eigenvalue weighted by Crippen LogP contribution is 2.18. The number of urea groups is 2. The molecular formula is C16H24N4O3. The van der Waals surface area contributed by atoms with E-state index in [9.17, 15) is 9.59 Å². The van der Waals surface area contributed by atoms with Gasteiger partial charge < -0.3 is 25.6 Å². The van der Waals surface area contributed by atoms with E-state index in [4.69, 9.17) is 4.74 Å². The van der Waals surface area contributed by atoms with Crippen LogP contribution in [0.15, 0.2) is 24.3 Å². The first-order valence-electron chi connectivity index (χ1n) is 7.85. The standard InChI is InChI=1S/C16H24N4O3/c1-3-23-14-7-5-4-6-12(14)8-9-18-16(22)20-10-13(11-20)19-15(21)17-2/h4-7,13H,3,8-11H2,1-2H3,(H,18,22)(H2,17,19,21). The van der Waals surface area contributed by atoms with Gasteiger partial charge in [0.25, 0.3) is 0 Å². The lowest BCUT2D eigenvalue weighted by Crippen LogP contribution is -2.63. The highest BCUT2D eigenvalue weighted by molar-refractivity contribution is 5.77. The summed E-state index contributed by atoms with van der Waals surface area (Å²) in [6.45, 7) is 4.19. The summed E-state index contributed by atoms with van der Waals surface area (Å²) in [6.07, 6.45) is 0.718. The summed E-state index contributed by atoms with van der Waals surface area (Å²) < 4.78 is 5.57. The average molecular weight is 320 g/mol. The third-order valence-electron chi connectivity index (χ3n) is 3.67. The van der Waals surface area contributed by atoms with Gasteiger partial charge in [0.1, 0.15) is 5.75 Å². The first-order valence-corrected chi connectivity index (χ1v) is 7.85. The largest absolute Gasteiger partial charge is 0.494 e. The lowest BCUT2D eigenvalue weighted by molar-refractivity contribution is 0.139. The van der Waals surface area contributed by atoms with Crippen molar-refractivity contribution < 1.29 is 14.3 Å². The van der Waals surface area contributed by atoms with E-state index in [0.29, 0.717) is 26.2 Å². The van der Waals surface area contributed by atoms with E-state index in [1.807, 2.05) is 31.2 Å². The van der Waals surface area contributed by atoms with Crippen molar-refractivity contribution in [2.75, 3.05) is 33.3 Å². The highest BCUT2D eigenvalue weighted by atomic mass is 16.5. The van der Waals surface area contributed by atoms with Gasteiger partial charge in [-0.3, -0.25) is 0 Å². The Morgan fingerprint density at radius 1 is 1.30 bits per heavy atom. The Balaban J connectivity index is 1.69. The zero-order valence-electron chi connectivity index (χ0n) is 13.6. The third-order valence-corrected chi connectivity index (χ3v) is 3.67. The van der Waals surface area contributed by atoms with E-state index >= 15 is 0 Å². The van der Waals surface area contributed by atoms with Gasteiger partial charge in [-0.05, 0) is 25.0 Å². The van der Waals surface area contributed by atoms with Crippen LogP contribution in [-0.2, 0) is 6.42 Å². The molecule has 0 radical (unpaired) electrons. The molecule has 0 bridgehead atoms. The van der Waals surface area contributed by atoms with Crippen molar-refractivity contribution >= 4 is 12.1 Å². The molecule has 23 heavy (non-hydrogen) atoms. The molecule has 1 saturated heterocycles. The number of nitrogens with one attached hydrogen (secondary N) is 3. The van der Waals surface area contributed by atoms with E-state index < -0.39 is 0 Å². The molecule has 3 N–H and O–H groups in total. The molecule has 4 amide bonds. The fourth-order valence-electron chi connectivity index (χ4n) is 2.42. The average Bonchev–Trinajstić information content (AvgIpc) is 2.52. The van der Waals surface area contributed by atoms with E-state index in [0.717, 1.165) is 17.7 Å². The van der Waals surface area contributed by atoms with Crippen LogP contribution in [0.1, 0.15) is 12.5 Å². The smallest absolute Gasteiger partial charge is 0.317 e. The normalized spacial score (nSPS) is 13.9. The molecule has 1 aromatic carbocycles. The van der Waals surface area contributed by atoms with Gasteiger partial charge in [0.2, 0.25) is 0 Å². The Bertz CT molecular complexity index is 544. The molecule has 1 heterocycles. The Hall–Kier alpha value is -2.44. The Labute approximate surface area is 136 Å². The number of ether oxygens (including phenoxy) is 1. The van der Waals surface area contributed by atoms with Crippen LogP contribution in [0.25, 0.3) is 0 Å². The molecule has 0 unspecified atom stereocenters. The monoisotopic (exact) mass is 320 g/mol. The Kier molecular flexibility index (Phi) is 6.08. The zero-order valence-corrected chi connectivity index (χ0v) is 13.6. The number of nitrogens with zero attached hydrogens (tertiary/aromatic N) is 1. The maximum Gasteiger partial charge on any atom is 0.317 e. The quantitative estimate of drug-likeness (QED) is 0.730. The number of carbonyl (C=O) groups is 2. The van der Waals surface area contributed by atoms with E-state index in [1.165, 1.54) is 0 Å². The minimum Gasteiger partial charge on any atom is -0.494 e. The van der Waals surface area contributed by atoms with Crippen LogP contribution in [0.3, 0.4) is 0 Å². The fourth-order valence-corrected chi connectivity index (χ4v) is 2.42. The molecule has 0 atom stereocenters. The maximum absolute atomic E-state index is 12.0. The highest BCUT2D eigenvalue weighted by Gasteiger charge is 2.31. The van der Waals surface area contributed by atoms with Crippen LogP contribution in [0.2, 0.25) is 0 Å². The van der Waals surface area contributed by atoms with Crippen LogP contribution < -0.4 is 20.7 Å². The van der Waals surface area contributed by atoms with Crippen LogP contribution in [0, 0.1) is 0 Å². The van der Waals surface area contributed by atoms with Crippen LogP contribution in [-0.4, -0.2) is 56.3 Å². The number of benzene rings is 1. The van der Waals surface area contributed by atoms with Crippen LogP contribution in [0.5, 0.6) is 5.75 Å². The van der Waals surface area contributed by atoms with Gasteiger partial charge in [-0.2, -0.15) is 0 Å². The number of hydrogen-bond acceptors (Lipinski definition) is 3. The lowest BCUT2D eigenvalue weighted by atomic mass is 10.1. The SMILES string of the molecule is CCOc1ccccc1CCNC(=O)N1CC(NC(=O)NC)C1. The van der Waals surface area contributed by atoms with Crippen molar-refractivity contribution in [2.45, 2.75) is 19.4 Å². The molecular weight excluding hydrogens is 296 g/mol. The molecule has 7 heteroatoms. The number of carbonyl (C=O) groups excluding carboxylic acids is 2. The van der Waals surface area contributed by atoms with Gasteiger partial charge in [-0.1, -0.05) is 18.2 Å². The van der Waals surface area contributed by atoms with Gasteiger partial charge in [0.15, 0.2) is 0 Å². The molecule has 1 aliphatic heterocycles. The summed E-state index contributed by atoms with van der Waals surface area (Å²) in [4.78, 5) is 24.8. The second kappa shape index (κ2) is 8.26. The van der Waals surface area contributed by atoms with Crippen molar-refractivity contribution in [3.8, 4) is 5.75 Å². The second-order valence-corrected chi connectivity index (χ2v) is 5.35. The summed E-state index contributed by atoms with van der Waals surface area (Å²) in [7, 11) is 1.57.